The molecule has 3 nitrogen and oxygen atoms in total. The summed E-state index contributed by atoms with van der Waals surface area (Å²) in [7, 11) is 0. The van der Waals surface area contributed by atoms with Gasteiger partial charge in [-0.25, -0.2) is 4.98 Å². The van der Waals surface area contributed by atoms with E-state index >= 15 is 0 Å². The summed E-state index contributed by atoms with van der Waals surface area (Å²) >= 11 is 0. The summed E-state index contributed by atoms with van der Waals surface area (Å²) in [5.41, 5.74) is 9.47. The molecule has 0 bridgehead atoms. The number of anilines is 1. The lowest BCUT2D eigenvalue weighted by atomic mass is 10.0. The maximum Gasteiger partial charge on any atom is 0.192 e. The molecule has 1 heterocycles. The van der Waals surface area contributed by atoms with Crippen molar-refractivity contribution in [1.29, 1.82) is 0 Å². The number of oxazole rings is 1. The molecular formula is C11H14N2O. The average Bonchev–Trinajstić information content (AvgIpc) is 2.43. The number of nitrogens with zero attached hydrogens (tertiary/aromatic N) is 1. The highest BCUT2D eigenvalue weighted by atomic mass is 16.3. The second kappa shape index (κ2) is 3.01. The smallest absolute Gasteiger partial charge is 0.192 e. The van der Waals surface area contributed by atoms with Crippen LogP contribution in [0.1, 0.15) is 31.2 Å². The van der Waals surface area contributed by atoms with Gasteiger partial charge in [-0.1, -0.05) is 13.8 Å². The number of fused-ring (bicyclic) bond motifs is 1. The largest absolute Gasteiger partial charge is 0.441 e. The zero-order valence-electron chi connectivity index (χ0n) is 8.66. The normalized spacial score (nSPS) is 11.4. The molecule has 2 N–H and O–H groups in total. The Morgan fingerprint density at radius 3 is 2.71 bits per heavy atom. The second-order valence-corrected chi connectivity index (χ2v) is 3.80. The molecule has 3 heteroatoms. The number of aromatic nitrogens is 1. The van der Waals surface area contributed by atoms with Gasteiger partial charge in [0.1, 0.15) is 5.52 Å². The van der Waals surface area contributed by atoms with Crippen LogP contribution in [0.15, 0.2) is 16.5 Å². The van der Waals surface area contributed by atoms with Crippen LogP contribution >= 0.6 is 0 Å². The van der Waals surface area contributed by atoms with Gasteiger partial charge in [0.2, 0.25) is 0 Å². The summed E-state index contributed by atoms with van der Waals surface area (Å²) in [6, 6.07) is 3.78. The van der Waals surface area contributed by atoms with Crippen molar-refractivity contribution in [3.05, 3.63) is 23.6 Å². The summed E-state index contributed by atoms with van der Waals surface area (Å²) in [6.07, 6.45) is 0. The molecule has 14 heavy (non-hydrogen) atoms. The standard InChI is InChI=1S/C11H14N2O/c1-6(2)10-8(12)4-5-9-11(10)14-7(3)13-9/h4-6H,12H2,1-3H3. The third-order valence-electron chi connectivity index (χ3n) is 2.31. The van der Waals surface area contributed by atoms with E-state index in [-0.39, 0.29) is 0 Å². The van der Waals surface area contributed by atoms with Gasteiger partial charge < -0.3 is 10.2 Å². The highest BCUT2D eigenvalue weighted by molar-refractivity contribution is 5.82. The van der Waals surface area contributed by atoms with Gasteiger partial charge in [-0.05, 0) is 18.1 Å². The van der Waals surface area contributed by atoms with Crippen molar-refractivity contribution in [1.82, 2.24) is 4.98 Å². The first-order chi connectivity index (χ1) is 6.59. The van der Waals surface area contributed by atoms with Gasteiger partial charge in [-0.2, -0.15) is 0 Å². The van der Waals surface area contributed by atoms with Gasteiger partial charge in [-0.3, -0.25) is 0 Å². The van der Waals surface area contributed by atoms with Crippen molar-refractivity contribution < 1.29 is 4.42 Å². The lowest BCUT2D eigenvalue weighted by Crippen LogP contribution is -1.96. The van der Waals surface area contributed by atoms with Gasteiger partial charge in [-0.15, -0.1) is 0 Å². The Balaban J connectivity index is 2.82. The van der Waals surface area contributed by atoms with Crippen LogP contribution in [0.2, 0.25) is 0 Å². The van der Waals surface area contributed by atoms with E-state index in [4.69, 9.17) is 10.2 Å². The van der Waals surface area contributed by atoms with Crippen molar-refractivity contribution >= 4 is 16.8 Å². The number of rotatable bonds is 1. The maximum absolute atomic E-state index is 5.91. The summed E-state index contributed by atoms with van der Waals surface area (Å²) < 4.78 is 5.55. The van der Waals surface area contributed by atoms with Crippen LogP contribution in [0.4, 0.5) is 5.69 Å². The minimum atomic E-state index is 0.353. The molecule has 2 rings (SSSR count). The van der Waals surface area contributed by atoms with Crippen LogP contribution in [0.3, 0.4) is 0 Å². The van der Waals surface area contributed by atoms with E-state index < -0.39 is 0 Å². The number of aryl methyl sites for hydroxylation is 1. The third kappa shape index (κ3) is 1.25. The molecule has 0 aliphatic heterocycles. The Bertz CT molecular complexity index is 471. The van der Waals surface area contributed by atoms with Gasteiger partial charge in [0.05, 0.1) is 0 Å². The molecule has 0 fully saturated rings. The highest BCUT2D eigenvalue weighted by Gasteiger charge is 2.13. The van der Waals surface area contributed by atoms with E-state index in [1.165, 1.54) is 0 Å². The van der Waals surface area contributed by atoms with Crippen molar-refractivity contribution in [2.75, 3.05) is 5.73 Å². The van der Waals surface area contributed by atoms with Crippen molar-refractivity contribution in [2.24, 2.45) is 0 Å². The quantitative estimate of drug-likeness (QED) is 0.703. The van der Waals surface area contributed by atoms with E-state index in [9.17, 15) is 0 Å². The predicted molar refractivity (Wildman–Crippen MR) is 57.2 cm³/mol. The lowest BCUT2D eigenvalue weighted by Gasteiger charge is -2.08. The Morgan fingerprint density at radius 1 is 1.36 bits per heavy atom. The molecule has 2 aromatic rings. The number of nitrogen functional groups attached to an aromatic ring is 1. The SMILES string of the molecule is Cc1nc2ccc(N)c(C(C)C)c2o1. The molecule has 1 aromatic carbocycles. The Kier molecular flexibility index (Phi) is 1.95. The van der Waals surface area contributed by atoms with E-state index in [1.807, 2.05) is 19.1 Å². The molecule has 0 saturated carbocycles. The van der Waals surface area contributed by atoms with Crippen molar-refractivity contribution in [2.45, 2.75) is 26.7 Å². The van der Waals surface area contributed by atoms with Crippen molar-refractivity contribution in [3.63, 3.8) is 0 Å². The first-order valence-electron chi connectivity index (χ1n) is 4.75. The Hall–Kier alpha value is -1.51. The number of benzene rings is 1. The monoisotopic (exact) mass is 190 g/mol. The number of hydrogen-bond donors (Lipinski definition) is 1. The number of nitrogens with two attached hydrogens (primary N) is 1. The molecule has 74 valence electrons. The minimum absolute atomic E-state index is 0.353. The average molecular weight is 190 g/mol. The summed E-state index contributed by atoms with van der Waals surface area (Å²) in [4.78, 5) is 4.28. The van der Waals surface area contributed by atoms with Crippen LogP contribution in [-0.4, -0.2) is 4.98 Å². The molecule has 0 spiro atoms. The number of hydrogen-bond acceptors (Lipinski definition) is 3. The molecule has 0 unspecified atom stereocenters. The zero-order chi connectivity index (χ0) is 10.3. The van der Waals surface area contributed by atoms with Gasteiger partial charge >= 0.3 is 0 Å². The first kappa shape index (κ1) is 9.06. The van der Waals surface area contributed by atoms with Crippen LogP contribution in [0, 0.1) is 6.92 Å². The highest BCUT2D eigenvalue weighted by Crippen LogP contribution is 2.30. The lowest BCUT2D eigenvalue weighted by molar-refractivity contribution is 0.555. The van der Waals surface area contributed by atoms with Crippen LogP contribution < -0.4 is 5.73 Å². The van der Waals surface area contributed by atoms with Crippen LogP contribution in [0.25, 0.3) is 11.1 Å². The fourth-order valence-electron chi connectivity index (χ4n) is 1.73. The molecule has 0 aliphatic carbocycles. The third-order valence-corrected chi connectivity index (χ3v) is 2.31. The Morgan fingerprint density at radius 2 is 2.07 bits per heavy atom. The molecule has 1 aromatic heterocycles. The molecular weight excluding hydrogens is 176 g/mol. The van der Waals surface area contributed by atoms with Gasteiger partial charge in [0.25, 0.3) is 0 Å². The van der Waals surface area contributed by atoms with E-state index in [1.54, 1.807) is 0 Å². The van der Waals surface area contributed by atoms with E-state index in [2.05, 4.69) is 18.8 Å². The minimum Gasteiger partial charge on any atom is -0.441 e. The zero-order valence-corrected chi connectivity index (χ0v) is 8.66. The molecule has 0 atom stereocenters. The predicted octanol–water partition coefficient (Wildman–Crippen LogP) is 2.84. The van der Waals surface area contributed by atoms with Crippen LogP contribution in [-0.2, 0) is 0 Å². The molecule has 0 radical (unpaired) electrons. The van der Waals surface area contributed by atoms with Crippen LogP contribution in [0.5, 0.6) is 0 Å². The second-order valence-electron chi connectivity index (χ2n) is 3.80. The summed E-state index contributed by atoms with van der Waals surface area (Å²) in [6.45, 7) is 6.05. The van der Waals surface area contributed by atoms with Gasteiger partial charge in [0, 0.05) is 18.2 Å². The molecule has 0 saturated heterocycles. The molecule has 0 amide bonds. The fraction of sp³-hybridized carbons (Fsp3) is 0.364. The summed E-state index contributed by atoms with van der Waals surface area (Å²) in [5.74, 6) is 1.04. The molecule has 0 aliphatic rings. The first-order valence-corrected chi connectivity index (χ1v) is 4.75. The van der Waals surface area contributed by atoms with Crippen molar-refractivity contribution in [3.8, 4) is 0 Å². The van der Waals surface area contributed by atoms with Gasteiger partial charge in [0.15, 0.2) is 11.5 Å². The maximum atomic E-state index is 5.91. The topological polar surface area (TPSA) is 52.0 Å². The fourth-order valence-corrected chi connectivity index (χ4v) is 1.73. The van der Waals surface area contributed by atoms with E-state index in [0.29, 0.717) is 11.8 Å². The Labute approximate surface area is 82.9 Å². The summed E-state index contributed by atoms with van der Waals surface area (Å²) in [5, 5.41) is 0. The van der Waals surface area contributed by atoms with E-state index in [0.717, 1.165) is 22.4 Å².